The van der Waals surface area contributed by atoms with Gasteiger partial charge < -0.3 is 48.7 Å². The summed E-state index contributed by atoms with van der Waals surface area (Å²) in [7, 11) is 5.40. The lowest BCUT2D eigenvalue weighted by Crippen LogP contribution is -2.60. The third-order valence-corrected chi connectivity index (χ3v) is 11.2. The van der Waals surface area contributed by atoms with Crippen LogP contribution >= 0.6 is 0 Å². The number of rotatable bonds is 12. The summed E-state index contributed by atoms with van der Waals surface area (Å²) in [6.45, 7) is 18.5. The lowest BCUT2D eigenvalue weighted by Gasteiger charge is -2.48. The van der Waals surface area contributed by atoms with Gasteiger partial charge in [0.15, 0.2) is 6.29 Å². The number of aliphatic hydroxyl groups excluding tert-OH is 2. The molecular formula is C40H66N4O10. The van der Waals surface area contributed by atoms with Crippen molar-refractivity contribution in [3.05, 3.63) is 43.0 Å². The number of ether oxygens (including phenoxy) is 5. The third kappa shape index (κ3) is 11.2. The maximum absolute atomic E-state index is 14.0. The molecule has 0 unspecified atom stereocenters. The number of hydrogen-bond acceptors (Lipinski definition) is 14. The van der Waals surface area contributed by atoms with E-state index >= 15 is 0 Å². The molecule has 1 aromatic rings. The smallest absolute Gasteiger partial charge is 0.311 e. The fourth-order valence-electron chi connectivity index (χ4n) is 7.97. The lowest BCUT2D eigenvalue weighted by atomic mass is 9.73. The van der Waals surface area contributed by atoms with Gasteiger partial charge in [0.2, 0.25) is 0 Å². The Bertz CT molecular complexity index is 1380. The Labute approximate surface area is 321 Å². The summed E-state index contributed by atoms with van der Waals surface area (Å²) in [4.78, 5) is 29.8. The molecule has 0 aliphatic carbocycles. The molecule has 0 saturated carbocycles. The average molecular weight is 763 g/mol. The quantitative estimate of drug-likeness (QED) is 0.121. The van der Waals surface area contributed by atoms with Crippen molar-refractivity contribution in [1.29, 1.82) is 0 Å². The highest BCUT2D eigenvalue weighted by molar-refractivity contribution is 5.88. The summed E-state index contributed by atoms with van der Waals surface area (Å²) >= 11 is 0. The van der Waals surface area contributed by atoms with Gasteiger partial charge in [0.05, 0.1) is 48.3 Å². The second kappa shape index (κ2) is 20.4. The number of esters is 1. The van der Waals surface area contributed by atoms with Crippen LogP contribution in [-0.4, -0.2) is 136 Å². The molecule has 54 heavy (non-hydrogen) atoms. The fraction of sp³-hybridized carbons (Fsp3) is 0.750. The van der Waals surface area contributed by atoms with E-state index in [1.54, 1.807) is 58.5 Å². The van der Waals surface area contributed by atoms with E-state index in [9.17, 15) is 20.1 Å². The summed E-state index contributed by atoms with van der Waals surface area (Å²) in [6, 6.07) is -0.234. The van der Waals surface area contributed by atoms with Gasteiger partial charge in [-0.05, 0) is 67.1 Å². The zero-order valence-electron chi connectivity index (χ0n) is 34.1. The van der Waals surface area contributed by atoms with Crippen LogP contribution in [0.25, 0.3) is 6.08 Å². The van der Waals surface area contributed by atoms with Gasteiger partial charge in [0, 0.05) is 48.9 Å². The Balaban J connectivity index is 2.17. The predicted molar refractivity (Wildman–Crippen MR) is 205 cm³/mol. The first kappa shape index (κ1) is 45.6. The second-order valence-electron chi connectivity index (χ2n) is 15.7. The Morgan fingerprint density at radius 2 is 1.76 bits per heavy atom. The van der Waals surface area contributed by atoms with Crippen molar-refractivity contribution in [2.75, 3.05) is 34.4 Å². The minimum atomic E-state index is -1.87. The molecule has 14 atom stereocenters. The van der Waals surface area contributed by atoms with E-state index in [1.807, 2.05) is 46.7 Å². The molecule has 0 amide bonds. The van der Waals surface area contributed by atoms with Crippen LogP contribution in [0.2, 0.25) is 0 Å². The second-order valence-corrected chi connectivity index (χ2v) is 15.7. The van der Waals surface area contributed by atoms with Gasteiger partial charge in [-0.1, -0.05) is 45.0 Å². The molecule has 1 aromatic heterocycles. The highest BCUT2D eigenvalue weighted by Gasteiger charge is 2.52. The van der Waals surface area contributed by atoms with Gasteiger partial charge >= 0.3 is 5.97 Å². The van der Waals surface area contributed by atoms with Gasteiger partial charge in [-0.25, -0.2) is 9.97 Å². The minimum absolute atomic E-state index is 0.103. The average Bonchev–Trinajstić information content (AvgIpc) is 3.14. The number of oxime groups is 1. The number of carbonyl (C=O) groups excluding carboxylic acids is 1. The summed E-state index contributed by atoms with van der Waals surface area (Å²) in [5.74, 6) is -3.19. The molecule has 14 nitrogen and oxygen atoms in total. The highest BCUT2D eigenvalue weighted by atomic mass is 16.7. The van der Waals surface area contributed by atoms with Crippen molar-refractivity contribution in [3.63, 3.8) is 0 Å². The van der Waals surface area contributed by atoms with Crippen molar-refractivity contribution < 1.29 is 48.6 Å². The minimum Gasteiger partial charge on any atom is -0.459 e. The highest BCUT2D eigenvalue weighted by Crippen LogP contribution is 2.40. The Morgan fingerprint density at radius 3 is 2.35 bits per heavy atom. The first-order chi connectivity index (χ1) is 25.4. The molecule has 3 rings (SSSR count). The zero-order chi connectivity index (χ0) is 40.4. The zero-order valence-corrected chi connectivity index (χ0v) is 34.1. The maximum Gasteiger partial charge on any atom is 0.311 e. The first-order valence-corrected chi connectivity index (χ1v) is 19.1. The van der Waals surface area contributed by atoms with E-state index in [4.69, 9.17) is 28.5 Å². The Hall–Kier alpha value is -2.82. The molecule has 2 aliphatic heterocycles. The summed E-state index contributed by atoms with van der Waals surface area (Å²) in [5.41, 5.74) is -1.74. The Morgan fingerprint density at radius 1 is 1.09 bits per heavy atom. The van der Waals surface area contributed by atoms with E-state index < -0.39 is 77.7 Å². The SMILES string of the molecule is C=CCO[C@H]1[C@H](C)[C@@H](O[C@@H]2O[C@H](C)C[C@H](N(C)C)[C@H]2O)[C@](C)(OC)C[C@@H](C)/C(=N\OC/C=C/c2cncnc2)[C@H](C)[C@@H](O)[C@](C)(O)[C@@H](CC)OC(=O)[C@@H]1C. The largest absolute Gasteiger partial charge is 0.459 e. The van der Waals surface area contributed by atoms with E-state index in [0.717, 1.165) is 5.56 Å². The number of aliphatic hydroxyl groups is 3. The van der Waals surface area contributed by atoms with Crippen LogP contribution in [0.3, 0.4) is 0 Å². The van der Waals surface area contributed by atoms with Crippen molar-refractivity contribution in [2.24, 2.45) is 28.8 Å². The summed E-state index contributed by atoms with van der Waals surface area (Å²) in [6.07, 6.45) is 4.76. The maximum atomic E-state index is 14.0. The molecule has 306 valence electrons. The lowest BCUT2D eigenvalue weighted by molar-refractivity contribution is -0.302. The van der Waals surface area contributed by atoms with Crippen molar-refractivity contribution >= 4 is 17.8 Å². The molecule has 3 N–H and O–H groups in total. The molecule has 0 radical (unpaired) electrons. The summed E-state index contributed by atoms with van der Waals surface area (Å²) in [5, 5.41) is 39.9. The van der Waals surface area contributed by atoms with Crippen LogP contribution in [0, 0.1) is 23.7 Å². The van der Waals surface area contributed by atoms with Crippen LogP contribution in [0.1, 0.15) is 80.2 Å². The number of carbonyl (C=O) groups is 1. The molecule has 14 heteroatoms. The molecule has 0 bridgehead atoms. The van der Waals surface area contributed by atoms with Crippen molar-refractivity contribution in [1.82, 2.24) is 14.9 Å². The monoisotopic (exact) mass is 762 g/mol. The predicted octanol–water partition coefficient (Wildman–Crippen LogP) is 4.03. The fourth-order valence-corrected chi connectivity index (χ4v) is 7.97. The van der Waals surface area contributed by atoms with Crippen LogP contribution in [0.4, 0.5) is 0 Å². The molecule has 0 spiro atoms. The van der Waals surface area contributed by atoms with Crippen LogP contribution in [0.15, 0.2) is 42.6 Å². The molecular weight excluding hydrogens is 696 g/mol. The van der Waals surface area contributed by atoms with Crippen molar-refractivity contribution in [2.45, 2.75) is 135 Å². The summed E-state index contributed by atoms with van der Waals surface area (Å²) < 4.78 is 31.8. The molecule has 3 heterocycles. The van der Waals surface area contributed by atoms with Crippen LogP contribution < -0.4 is 0 Å². The van der Waals surface area contributed by atoms with Crippen LogP contribution in [0.5, 0.6) is 0 Å². The first-order valence-electron chi connectivity index (χ1n) is 19.1. The van der Waals surface area contributed by atoms with Gasteiger partial charge in [0.25, 0.3) is 0 Å². The number of likely N-dealkylation sites (N-methyl/N-ethyl adjacent to an activating group) is 1. The molecule has 2 fully saturated rings. The van der Waals surface area contributed by atoms with E-state index in [2.05, 4.69) is 21.7 Å². The third-order valence-electron chi connectivity index (χ3n) is 11.2. The number of methoxy groups -OCH3 is 1. The Kier molecular flexibility index (Phi) is 17.2. The van der Waals surface area contributed by atoms with E-state index in [-0.39, 0.29) is 38.2 Å². The van der Waals surface area contributed by atoms with E-state index in [0.29, 0.717) is 12.1 Å². The molecule has 2 saturated heterocycles. The van der Waals surface area contributed by atoms with Crippen molar-refractivity contribution in [3.8, 4) is 0 Å². The number of aromatic nitrogens is 2. The molecule has 0 aromatic carbocycles. The number of hydrogen-bond donors (Lipinski definition) is 3. The van der Waals surface area contributed by atoms with Gasteiger partial charge in [-0.15, -0.1) is 6.58 Å². The normalized spacial score (nSPS) is 39.7. The van der Waals surface area contributed by atoms with Gasteiger partial charge in [-0.3, -0.25) is 4.79 Å². The number of nitrogens with zero attached hydrogens (tertiary/aromatic N) is 4. The number of cyclic esters (lactones) is 1. The van der Waals surface area contributed by atoms with Gasteiger partial charge in [-0.2, -0.15) is 0 Å². The molecule has 2 aliphatic rings. The standard InChI is InChI=1S/C40H66N4O10/c1-13-17-50-34-27(6)36(54-38-33(45)30(44(10)11)19-25(4)52-38)39(8,49-12)20-24(3)32(43-51-18-15-16-29-21-41-23-42-22-29)26(5)35(46)40(9,48)31(14-2)53-37(47)28(34)7/h13,15-16,21-28,30-31,33-36,38,45-46,48H,1,14,17-20H2,2-12H3/b16-15+,43-32+/t24-,25-,26+,27+,28-,30+,31-,33-,34+,35-,36-,38+,39-,40-/m1/s1. The van der Waals surface area contributed by atoms with Crippen LogP contribution in [-0.2, 0) is 33.3 Å². The van der Waals surface area contributed by atoms with E-state index in [1.165, 1.54) is 13.3 Å². The topological polar surface area (TPSA) is 175 Å². The van der Waals surface area contributed by atoms with Gasteiger partial charge in [0.1, 0.15) is 30.7 Å².